The molecule has 0 amide bonds. The van der Waals surface area contributed by atoms with Crippen molar-refractivity contribution < 1.29 is 19.4 Å². The summed E-state index contributed by atoms with van der Waals surface area (Å²) in [5.74, 6) is 1.10. The first kappa shape index (κ1) is 14.0. The summed E-state index contributed by atoms with van der Waals surface area (Å²) in [5, 5.41) is 10.5. The summed E-state index contributed by atoms with van der Waals surface area (Å²) in [7, 11) is 3.11. The van der Waals surface area contributed by atoms with Gasteiger partial charge < -0.3 is 19.6 Å². The van der Waals surface area contributed by atoms with Crippen LogP contribution in [0, 0.1) is 0 Å². The van der Waals surface area contributed by atoms with Crippen LogP contribution in [0.5, 0.6) is 17.2 Å². The summed E-state index contributed by atoms with van der Waals surface area (Å²) in [6, 6.07) is 10.00. The van der Waals surface area contributed by atoms with Gasteiger partial charge in [0.2, 0.25) is 0 Å². The Balaban J connectivity index is 2.11. The molecule has 1 aromatic heterocycles. The zero-order valence-corrected chi connectivity index (χ0v) is 12.2. The number of hydrogen-bond donors (Lipinski definition) is 2. The Bertz CT molecular complexity index is 834. The summed E-state index contributed by atoms with van der Waals surface area (Å²) in [5.41, 5.74) is 1.51. The van der Waals surface area contributed by atoms with E-state index < -0.39 is 0 Å². The van der Waals surface area contributed by atoms with Crippen LogP contribution in [-0.2, 0) is 0 Å². The highest BCUT2D eigenvalue weighted by Crippen LogP contribution is 2.35. The van der Waals surface area contributed by atoms with Gasteiger partial charge in [-0.3, -0.25) is 4.79 Å². The third-order valence-electron chi connectivity index (χ3n) is 3.59. The van der Waals surface area contributed by atoms with Gasteiger partial charge in [0, 0.05) is 11.8 Å². The average Bonchev–Trinajstić information content (AvgIpc) is 3.00. The van der Waals surface area contributed by atoms with Crippen LogP contribution in [0.3, 0.4) is 0 Å². The van der Waals surface area contributed by atoms with Gasteiger partial charge in [-0.25, -0.2) is 0 Å². The van der Waals surface area contributed by atoms with Crippen LogP contribution in [0.1, 0.15) is 15.9 Å². The van der Waals surface area contributed by atoms with Crippen molar-refractivity contribution in [1.82, 2.24) is 4.98 Å². The Kier molecular flexibility index (Phi) is 3.47. The molecule has 112 valence electrons. The molecule has 0 aliphatic carbocycles. The summed E-state index contributed by atoms with van der Waals surface area (Å²) >= 11 is 0. The molecule has 3 aromatic rings. The van der Waals surface area contributed by atoms with Gasteiger partial charge in [0.05, 0.1) is 30.7 Å². The van der Waals surface area contributed by atoms with Gasteiger partial charge in [0.25, 0.3) is 0 Å². The summed E-state index contributed by atoms with van der Waals surface area (Å²) in [6.45, 7) is 0. The van der Waals surface area contributed by atoms with Gasteiger partial charge in [-0.2, -0.15) is 0 Å². The van der Waals surface area contributed by atoms with Crippen molar-refractivity contribution in [3.05, 3.63) is 53.7 Å². The van der Waals surface area contributed by atoms with Crippen LogP contribution in [0.25, 0.3) is 10.9 Å². The van der Waals surface area contributed by atoms with E-state index in [2.05, 4.69) is 4.98 Å². The van der Waals surface area contributed by atoms with E-state index >= 15 is 0 Å². The molecule has 5 nitrogen and oxygen atoms in total. The number of carbonyl (C=O) groups excluding carboxylic acids is 1. The van der Waals surface area contributed by atoms with Crippen LogP contribution < -0.4 is 9.47 Å². The Hall–Kier alpha value is -2.95. The first-order valence-corrected chi connectivity index (χ1v) is 6.71. The van der Waals surface area contributed by atoms with E-state index in [1.54, 1.807) is 43.6 Å². The molecule has 5 heteroatoms. The molecule has 0 saturated heterocycles. The summed E-state index contributed by atoms with van der Waals surface area (Å²) < 4.78 is 10.3. The lowest BCUT2D eigenvalue weighted by molar-refractivity contribution is 0.104. The van der Waals surface area contributed by atoms with Gasteiger partial charge in [-0.1, -0.05) is 0 Å². The molecular formula is C17H15NO4. The fourth-order valence-electron chi connectivity index (χ4n) is 2.45. The van der Waals surface area contributed by atoms with Gasteiger partial charge >= 0.3 is 0 Å². The predicted molar refractivity (Wildman–Crippen MR) is 82.9 cm³/mol. The molecule has 0 aliphatic rings. The topological polar surface area (TPSA) is 71.6 Å². The maximum absolute atomic E-state index is 12.7. The zero-order valence-electron chi connectivity index (χ0n) is 12.2. The van der Waals surface area contributed by atoms with Gasteiger partial charge in [-0.15, -0.1) is 0 Å². The van der Waals surface area contributed by atoms with E-state index in [9.17, 15) is 9.90 Å². The Morgan fingerprint density at radius 2 is 1.77 bits per heavy atom. The van der Waals surface area contributed by atoms with Crippen LogP contribution >= 0.6 is 0 Å². The quantitative estimate of drug-likeness (QED) is 0.726. The third kappa shape index (κ3) is 2.16. The predicted octanol–water partition coefficient (Wildman–Crippen LogP) is 3.12. The van der Waals surface area contributed by atoms with Crippen LogP contribution in [0.4, 0.5) is 0 Å². The molecule has 0 radical (unpaired) electrons. The van der Waals surface area contributed by atoms with Crippen molar-refractivity contribution in [3.8, 4) is 17.2 Å². The smallest absolute Gasteiger partial charge is 0.195 e. The fraction of sp³-hybridized carbons (Fsp3) is 0.118. The van der Waals surface area contributed by atoms with Gasteiger partial charge in [0.15, 0.2) is 5.78 Å². The molecular weight excluding hydrogens is 282 g/mol. The molecule has 0 bridgehead atoms. The van der Waals surface area contributed by atoms with E-state index in [1.807, 2.05) is 0 Å². The number of nitrogens with one attached hydrogen (secondary N) is 1. The van der Waals surface area contributed by atoms with Crippen LogP contribution in [0.15, 0.2) is 42.6 Å². The number of aromatic hydroxyl groups is 1. The fourth-order valence-corrected chi connectivity index (χ4v) is 2.45. The number of methoxy groups -OCH3 is 2. The SMILES string of the molecule is COc1ccc(C(=O)c2c[nH]c3c(OC)ccc(O)c23)cc1. The number of hydrogen-bond acceptors (Lipinski definition) is 4. The van der Waals surface area contributed by atoms with Gasteiger partial charge in [-0.05, 0) is 36.4 Å². The number of phenols is 1. The molecule has 2 N–H and O–H groups in total. The number of ketones is 1. The van der Waals surface area contributed by atoms with Crippen molar-refractivity contribution in [2.24, 2.45) is 0 Å². The lowest BCUT2D eigenvalue weighted by atomic mass is 10.0. The van der Waals surface area contributed by atoms with Crippen molar-refractivity contribution in [3.63, 3.8) is 0 Å². The largest absolute Gasteiger partial charge is 0.507 e. The van der Waals surface area contributed by atoms with E-state index in [4.69, 9.17) is 9.47 Å². The molecule has 0 spiro atoms. The Morgan fingerprint density at radius 3 is 2.41 bits per heavy atom. The number of ether oxygens (including phenoxy) is 2. The zero-order chi connectivity index (χ0) is 15.7. The van der Waals surface area contributed by atoms with Crippen molar-refractivity contribution in [1.29, 1.82) is 0 Å². The number of benzene rings is 2. The molecule has 2 aromatic carbocycles. The molecule has 0 atom stereocenters. The number of carbonyl (C=O) groups is 1. The number of aromatic amines is 1. The van der Waals surface area contributed by atoms with Crippen molar-refractivity contribution in [2.45, 2.75) is 0 Å². The minimum atomic E-state index is -0.183. The molecule has 22 heavy (non-hydrogen) atoms. The lowest BCUT2D eigenvalue weighted by Gasteiger charge is -2.05. The van der Waals surface area contributed by atoms with E-state index in [1.165, 1.54) is 13.2 Å². The first-order chi connectivity index (χ1) is 10.7. The minimum Gasteiger partial charge on any atom is -0.507 e. The number of aromatic nitrogens is 1. The Morgan fingerprint density at radius 1 is 1.05 bits per heavy atom. The Labute approximate surface area is 127 Å². The normalized spacial score (nSPS) is 10.6. The first-order valence-electron chi connectivity index (χ1n) is 6.71. The van der Waals surface area contributed by atoms with Crippen LogP contribution in [0.2, 0.25) is 0 Å². The highest BCUT2D eigenvalue weighted by Gasteiger charge is 2.19. The highest BCUT2D eigenvalue weighted by molar-refractivity contribution is 6.18. The maximum Gasteiger partial charge on any atom is 0.195 e. The van der Waals surface area contributed by atoms with Crippen molar-refractivity contribution in [2.75, 3.05) is 14.2 Å². The minimum absolute atomic E-state index is 0.0360. The second kappa shape index (κ2) is 5.44. The lowest BCUT2D eigenvalue weighted by Crippen LogP contribution is -2.00. The number of H-pyrrole nitrogens is 1. The summed E-state index contributed by atoms with van der Waals surface area (Å²) in [4.78, 5) is 15.7. The molecule has 1 heterocycles. The standard InChI is InChI=1S/C17H15NO4/c1-21-11-5-3-10(4-6-11)17(20)12-9-18-16-14(22-2)8-7-13(19)15(12)16/h3-9,18-19H,1-2H3. The maximum atomic E-state index is 12.7. The average molecular weight is 297 g/mol. The van der Waals surface area contributed by atoms with E-state index in [0.29, 0.717) is 33.5 Å². The number of phenolic OH excluding ortho intramolecular Hbond substituents is 1. The molecule has 0 unspecified atom stereocenters. The molecule has 0 aliphatic heterocycles. The molecule has 0 saturated carbocycles. The molecule has 3 rings (SSSR count). The number of rotatable bonds is 4. The second-order valence-electron chi connectivity index (χ2n) is 4.80. The third-order valence-corrected chi connectivity index (χ3v) is 3.59. The van der Waals surface area contributed by atoms with E-state index in [0.717, 1.165) is 0 Å². The second-order valence-corrected chi connectivity index (χ2v) is 4.80. The van der Waals surface area contributed by atoms with Crippen molar-refractivity contribution >= 4 is 16.7 Å². The number of fused-ring (bicyclic) bond motifs is 1. The van der Waals surface area contributed by atoms with Crippen LogP contribution in [-0.4, -0.2) is 30.1 Å². The monoisotopic (exact) mass is 297 g/mol. The van der Waals surface area contributed by atoms with Gasteiger partial charge in [0.1, 0.15) is 17.2 Å². The van der Waals surface area contributed by atoms with E-state index in [-0.39, 0.29) is 11.5 Å². The molecule has 0 fully saturated rings. The highest BCUT2D eigenvalue weighted by atomic mass is 16.5. The summed E-state index contributed by atoms with van der Waals surface area (Å²) in [6.07, 6.45) is 1.58.